The number of hydrogen-bond acceptors (Lipinski definition) is 5. The van der Waals surface area contributed by atoms with Gasteiger partial charge in [-0.15, -0.1) is 0 Å². The van der Waals surface area contributed by atoms with Crippen molar-refractivity contribution in [2.45, 2.75) is 19.8 Å². The Labute approximate surface area is 191 Å². The maximum Gasteiger partial charge on any atom is 0.293 e. The average Bonchev–Trinajstić information content (AvgIpc) is 3.36. The topological polar surface area (TPSA) is 105 Å². The molecule has 8 nitrogen and oxygen atoms in total. The summed E-state index contributed by atoms with van der Waals surface area (Å²) in [6.07, 6.45) is 1.99. The summed E-state index contributed by atoms with van der Waals surface area (Å²) in [7, 11) is 0. The lowest BCUT2D eigenvalue weighted by molar-refractivity contribution is -0.384. The number of nitro groups is 1. The SMILES string of the molecule is Cc1c(NC(=O)c2ccccc2)cccc1NC(=O)c1ccc(N2CCCC2)c([N+](=O)[O-])c1. The standard InChI is InChI=1S/C25H24N4O4/c1-17-20(26-24(30)18-8-3-2-4-9-18)10-7-11-21(17)27-25(31)19-12-13-22(23(16-19)29(32)33)28-14-5-6-15-28/h2-4,7-13,16H,5-6,14-15H2,1H3,(H,26,30)(H,27,31). The molecule has 1 aliphatic heterocycles. The fraction of sp³-hybridized carbons (Fsp3) is 0.200. The molecule has 3 aromatic carbocycles. The average molecular weight is 444 g/mol. The third kappa shape index (κ3) is 4.85. The Balaban J connectivity index is 1.54. The number of carbonyl (C=O) groups excluding carboxylic acids is 2. The molecular formula is C25H24N4O4. The molecule has 0 unspecified atom stereocenters. The molecule has 33 heavy (non-hydrogen) atoms. The van der Waals surface area contributed by atoms with Crippen molar-refractivity contribution in [2.24, 2.45) is 0 Å². The van der Waals surface area contributed by atoms with Crippen LogP contribution in [0.4, 0.5) is 22.7 Å². The number of carbonyl (C=O) groups is 2. The van der Waals surface area contributed by atoms with Crippen LogP contribution in [-0.2, 0) is 0 Å². The number of anilines is 3. The van der Waals surface area contributed by atoms with Gasteiger partial charge in [-0.1, -0.05) is 24.3 Å². The van der Waals surface area contributed by atoms with Crippen LogP contribution in [0.3, 0.4) is 0 Å². The van der Waals surface area contributed by atoms with Gasteiger partial charge >= 0.3 is 0 Å². The molecule has 0 radical (unpaired) electrons. The van der Waals surface area contributed by atoms with Crippen molar-refractivity contribution in [1.82, 2.24) is 0 Å². The fourth-order valence-corrected chi connectivity index (χ4v) is 3.92. The monoisotopic (exact) mass is 444 g/mol. The molecular weight excluding hydrogens is 420 g/mol. The molecule has 0 aromatic heterocycles. The second-order valence-electron chi connectivity index (χ2n) is 7.91. The minimum absolute atomic E-state index is 0.0786. The molecule has 1 aliphatic rings. The lowest BCUT2D eigenvalue weighted by Gasteiger charge is -2.18. The maximum absolute atomic E-state index is 12.9. The molecule has 1 heterocycles. The molecule has 0 atom stereocenters. The summed E-state index contributed by atoms with van der Waals surface area (Å²) < 4.78 is 0. The van der Waals surface area contributed by atoms with E-state index >= 15 is 0 Å². The van der Waals surface area contributed by atoms with Crippen molar-refractivity contribution in [1.29, 1.82) is 0 Å². The van der Waals surface area contributed by atoms with E-state index in [-0.39, 0.29) is 17.2 Å². The zero-order valence-corrected chi connectivity index (χ0v) is 18.2. The highest BCUT2D eigenvalue weighted by Crippen LogP contribution is 2.32. The van der Waals surface area contributed by atoms with Gasteiger partial charge in [0.1, 0.15) is 5.69 Å². The van der Waals surface area contributed by atoms with E-state index in [2.05, 4.69) is 10.6 Å². The van der Waals surface area contributed by atoms with E-state index in [1.807, 2.05) is 11.0 Å². The van der Waals surface area contributed by atoms with E-state index in [9.17, 15) is 19.7 Å². The van der Waals surface area contributed by atoms with Gasteiger partial charge in [0.15, 0.2) is 0 Å². The second-order valence-corrected chi connectivity index (χ2v) is 7.91. The predicted molar refractivity (Wildman–Crippen MR) is 128 cm³/mol. The zero-order chi connectivity index (χ0) is 23.4. The van der Waals surface area contributed by atoms with E-state index in [1.54, 1.807) is 61.5 Å². The Morgan fingerprint density at radius 1 is 0.848 bits per heavy atom. The van der Waals surface area contributed by atoms with Gasteiger partial charge in [0.25, 0.3) is 17.5 Å². The molecule has 3 aromatic rings. The first kappa shape index (κ1) is 22.0. The molecule has 0 aliphatic carbocycles. The highest BCUT2D eigenvalue weighted by Gasteiger charge is 2.24. The van der Waals surface area contributed by atoms with Crippen LogP contribution in [0.2, 0.25) is 0 Å². The van der Waals surface area contributed by atoms with E-state index in [0.717, 1.165) is 25.9 Å². The van der Waals surface area contributed by atoms with Crippen LogP contribution in [0.1, 0.15) is 39.1 Å². The van der Waals surface area contributed by atoms with Gasteiger partial charge < -0.3 is 15.5 Å². The number of benzene rings is 3. The molecule has 8 heteroatoms. The molecule has 2 N–H and O–H groups in total. The largest absolute Gasteiger partial charge is 0.366 e. The minimum Gasteiger partial charge on any atom is -0.366 e. The van der Waals surface area contributed by atoms with E-state index < -0.39 is 10.8 Å². The Morgan fingerprint density at radius 3 is 2.06 bits per heavy atom. The van der Waals surface area contributed by atoms with E-state index in [4.69, 9.17) is 0 Å². The summed E-state index contributed by atoms with van der Waals surface area (Å²) in [4.78, 5) is 38.6. The van der Waals surface area contributed by atoms with Crippen LogP contribution in [0, 0.1) is 17.0 Å². The van der Waals surface area contributed by atoms with Crippen LogP contribution in [0.5, 0.6) is 0 Å². The van der Waals surface area contributed by atoms with Gasteiger partial charge in [0.05, 0.1) is 4.92 Å². The minimum atomic E-state index is -0.458. The van der Waals surface area contributed by atoms with Gasteiger partial charge in [-0.3, -0.25) is 19.7 Å². The fourth-order valence-electron chi connectivity index (χ4n) is 3.92. The van der Waals surface area contributed by atoms with Crippen molar-refractivity contribution in [2.75, 3.05) is 28.6 Å². The second kappa shape index (κ2) is 9.52. The molecule has 4 rings (SSSR count). The highest BCUT2D eigenvalue weighted by atomic mass is 16.6. The van der Waals surface area contributed by atoms with Crippen molar-refractivity contribution < 1.29 is 14.5 Å². The first-order chi connectivity index (χ1) is 15.9. The quantitative estimate of drug-likeness (QED) is 0.411. The summed E-state index contributed by atoms with van der Waals surface area (Å²) in [5, 5.41) is 17.3. The van der Waals surface area contributed by atoms with Gasteiger partial charge in [-0.05, 0) is 61.7 Å². The Kier molecular flexibility index (Phi) is 6.35. The summed E-state index contributed by atoms with van der Waals surface area (Å²) in [5.74, 6) is -0.712. The van der Waals surface area contributed by atoms with Crippen LogP contribution in [0.15, 0.2) is 66.7 Å². The number of nitrogens with one attached hydrogen (secondary N) is 2. The summed E-state index contributed by atoms with van der Waals surface area (Å²) in [6, 6.07) is 18.6. The van der Waals surface area contributed by atoms with Crippen molar-refractivity contribution in [3.8, 4) is 0 Å². The number of amides is 2. The van der Waals surface area contributed by atoms with Gasteiger partial charge in [0.2, 0.25) is 0 Å². The summed E-state index contributed by atoms with van der Waals surface area (Å²) in [6.45, 7) is 3.33. The van der Waals surface area contributed by atoms with Crippen molar-refractivity contribution in [3.05, 3.63) is 93.5 Å². The van der Waals surface area contributed by atoms with Crippen LogP contribution >= 0.6 is 0 Å². The highest BCUT2D eigenvalue weighted by molar-refractivity contribution is 6.07. The van der Waals surface area contributed by atoms with Gasteiger partial charge in [-0.2, -0.15) is 0 Å². The Morgan fingerprint density at radius 2 is 1.45 bits per heavy atom. The molecule has 0 bridgehead atoms. The third-order valence-electron chi connectivity index (χ3n) is 5.75. The number of rotatable bonds is 6. The number of hydrogen-bond donors (Lipinski definition) is 2. The Bertz CT molecular complexity index is 1200. The Hall–Kier alpha value is -4.20. The smallest absolute Gasteiger partial charge is 0.293 e. The number of nitro benzene ring substituents is 1. The lowest BCUT2D eigenvalue weighted by atomic mass is 10.1. The first-order valence-corrected chi connectivity index (χ1v) is 10.7. The normalized spacial score (nSPS) is 12.9. The summed E-state index contributed by atoms with van der Waals surface area (Å²) in [5.41, 5.74) is 2.94. The molecule has 2 amide bonds. The van der Waals surface area contributed by atoms with Crippen molar-refractivity contribution >= 4 is 34.6 Å². The van der Waals surface area contributed by atoms with Crippen LogP contribution in [0.25, 0.3) is 0 Å². The molecule has 168 valence electrons. The summed E-state index contributed by atoms with van der Waals surface area (Å²) >= 11 is 0. The molecule has 1 saturated heterocycles. The first-order valence-electron chi connectivity index (χ1n) is 10.7. The van der Waals surface area contributed by atoms with Gasteiger partial charge in [0, 0.05) is 41.7 Å². The lowest BCUT2D eigenvalue weighted by Crippen LogP contribution is -2.20. The predicted octanol–water partition coefficient (Wildman–Crippen LogP) is 5.01. The molecule has 1 fully saturated rings. The third-order valence-corrected chi connectivity index (χ3v) is 5.75. The maximum atomic E-state index is 12.9. The number of nitrogens with zero attached hydrogens (tertiary/aromatic N) is 2. The molecule has 0 spiro atoms. The van der Waals surface area contributed by atoms with Crippen LogP contribution in [-0.4, -0.2) is 29.8 Å². The van der Waals surface area contributed by atoms with E-state index in [1.165, 1.54) is 6.07 Å². The van der Waals surface area contributed by atoms with Crippen LogP contribution < -0.4 is 15.5 Å². The molecule has 0 saturated carbocycles. The zero-order valence-electron chi connectivity index (χ0n) is 18.2. The van der Waals surface area contributed by atoms with Crippen molar-refractivity contribution in [3.63, 3.8) is 0 Å². The van der Waals surface area contributed by atoms with E-state index in [0.29, 0.717) is 28.2 Å². The van der Waals surface area contributed by atoms with Gasteiger partial charge in [-0.25, -0.2) is 0 Å².